The highest BCUT2D eigenvalue weighted by Crippen LogP contribution is 2.29. The second-order valence-electron chi connectivity index (χ2n) is 5.34. The van der Waals surface area contributed by atoms with Gasteiger partial charge in [-0.05, 0) is 49.0 Å². The summed E-state index contributed by atoms with van der Waals surface area (Å²) in [6.07, 6.45) is 0.891. The van der Waals surface area contributed by atoms with Gasteiger partial charge in [0, 0.05) is 5.56 Å². The number of benzene rings is 2. The molecule has 0 saturated heterocycles. The molecule has 0 radical (unpaired) electrons. The number of aromatic nitrogens is 2. The average Bonchev–Trinajstić information content (AvgIpc) is 3.11. The fourth-order valence-electron chi connectivity index (χ4n) is 2.21. The molecule has 1 amide bonds. The number of nitrogens with one attached hydrogen (secondary N) is 2. The normalized spacial score (nSPS) is 10.5. The second kappa shape index (κ2) is 8.39. The van der Waals surface area contributed by atoms with Crippen molar-refractivity contribution in [3.05, 3.63) is 47.0 Å². The SMILES string of the molecule is CCCOc1cccc(C(=O)NC(=S)Nc2c(Cl)ccc3nsnc23)c1. The minimum atomic E-state index is -0.343. The van der Waals surface area contributed by atoms with Gasteiger partial charge in [0.25, 0.3) is 5.91 Å². The summed E-state index contributed by atoms with van der Waals surface area (Å²) in [6, 6.07) is 10.4. The van der Waals surface area contributed by atoms with Crippen LogP contribution >= 0.6 is 35.5 Å². The van der Waals surface area contributed by atoms with Crippen molar-refractivity contribution in [2.45, 2.75) is 13.3 Å². The van der Waals surface area contributed by atoms with Gasteiger partial charge in [0.1, 0.15) is 16.8 Å². The van der Waals surface area contributed by atoms with Crippen molar-refractivity contribution >= 4 is 63.3 Å². The lowest BCUT2D eigenvalue weighted by Gasteiger charge is -2.12. The van der Waals surface area contributed by atoms with Crippen LogP contribution in [0.3, 0.4) is 0 Å². The van der Waals surface area contributed by atoms with E-state index in [4.69, 9.17) is 28.6 Å². The summed E-state index contributed by atoms with van der Waals surface area (Å²) in [5.41, 5.74) is 2.27. The van der Waals surface area contributed by atoms with Crippen molar-refractivity contribution in [1.29, 1.82) is 0 Å². The number of hydrogen-bond donors (Lipinski definition) is 2. The Balaban J connectivity index is 1.70. The Hall–Kier alpha value is -2.29. The fraction of sp³-hybridized carbons (Fsp3) is 0.176. The van der Waals surface area contributed by atoms with E-state index in [1.165, 1.54) is 0 Å². The van der Waals surface area contributed by atoms with E-state index in [2.05, 4.69) is 19.4 Å². The average molecular weight is 407 g/mol. The van der Waals surface area contributed by atoms with Crippen molar-refractivity contribution in [2.24, 2.45) is 0 Å². The number of anilines is 1. The molecule has 2 N–H and O–H groups in total. The minimum Gasteiger partial charge on any atom is -0.494 e. The highest BCUT2D eigenvalue weighted by molar-refractivity contribution is 7.80. The molecule has 3 aromatic rings. The highest BCUT2D eigenvalue weighted by Gasteiger charge is 2.14. The Bertz CT molecular complexity index is 961. The predicted molar refractivity (Wildman–Crippen MR) is 108 cm³/mol. The second-order valence-corrected chi connectivity index (χ2v) is 6.68. The van der Waals surface area contributed by atoms with Crippen LogP contribution in [0, 0.1) is 0 Å². The zero-order valence-corrected chi connectivity index (χ0v) is 16.2. The number of halogens is 1. The molecule has 9 heteroatoms. The first-order valence-corrected chi connectivity index (χ1v) is 9.36. The molecular weight excluding hydrogens is 392 g/mol. The summed E-state index contributed by atoms with van der Waals surface area (Å²) >= 11 is 12.5. The van der Waals surface area contributed by atoms with Gasteiger partial charge in [-0.3, -0.25) is 10.1 Å². The van der Waals surface area contributed by atoms with Crippen LogP contribution in [0.4, 0.5) is 5.69 Å². The van der Waals surface area contributed by atoms with Crippen LogP contribution in [0.1, 0.15) is 23.7 Å². The molecule has 1 heterocycles. The number of amides is 1. The van der Waals surface area contributed by atoms with Crippen LogP contribution in [0.25, 0.3) is 11.0 Å². The third kappa shape index (κ3) is 4.27. The summed E-state index contributed by atoms with van der Waals surface area (Å²) in [4.78, 5) is 12.4. The van der Waals surface area contributed by atoms with Gasteiger partial charge in [-0.15, -0.1) is 0 Å². The van der Waals surface area contributed by atoms with Gasteiger partial charge in [-0.25, -0.2) is 0 Å². The largest absolute Gasteiger partial charge is 0.494 e. The lowest BCUT2D eigenvalue weighted by molar-refractivity contribution is 0.0977. The van der Waals surface area contributed by atoms with E-state index in [0.717, 1.165) is 18.1 Å². The third-order valence-corrected chi connectivity index (χ3v) is 4.47. The first-order chi connectivity index (χ1) is 12.6. The van der Waals surface area contributed by atoms with Crippen LogP contribution < -0.4 is 15.4 Å². The number of fused-ring (bicyclic) bond motifs is 1. The van der Waals surface area contributed by atoms with E-state index in [0.29, 0.717) is 39.7 Å². The van der Waals surface area contributed by atoms with Crippen LogP contribution in [0.2, 0.25) is 5.02 Å². The number of carbonyl (C=O) groups is 1. The molecular formula is C17H15ClN4O2S2. The molecule has 0 unspecified atom stereocenters. The first kappa shape index (κ1) is 18.5. The van der Waals surface area contributed by atoms with E-state index in [-0.39, 0.29) is 11.0 Å². The topological polar surface area (TPSA) is 76.1 Å². The van der Waals surface area contributed by atoms with Crippen LogP contribution in [0.5, 0.6) is 5.75 Å². The summed E-state index contributed by atoms with van der Waals surface area (Å²) in [7, 11) is 0. The molecule has 0 fully saturated rings. The number of ether oxygens (including phenoxy) is 1. The van der Waals surface area contributed by atoms with Crippen LogP contribution in [-0.2, 0) is 0 Å². The lowest BCUT2D eigenvalue weighted by atomic mass is 10.2. The van der Waals surface area contributed by atoms with Gasteiger partial charge < -0.3 is 10.1 Å². The molecule has 2 aromatic carbocycles. The van der Waals surface area contributed by atoms with Gasteiger partial charge in [-0.1, -0.05) is 24.6 Å². The molecule has 0 aliphatic heterocycles. The van der Waals surface area contributed by atoms with Crippen molar-refractivity contribution < 1.29 is 9.53 Å². The summed E-state index contributed by atoms with van der Waals surface area (Å²) in [6.45, 7) is 2.61. The van der Waals surface area contributed by atoms with Gasteiger partial charge in [-0.2, -0.15) is 8.75 Å². The molecule has 26 heavy (non-hydrogen) atoms. The monoisotopic (exact) mass is 406 g/mol. The number of carbonyl (C=O) groups excluding carboxylic acids is 1. The summed E-state index contributed by atoms with van der Waals surface area (Å²) < 4.78 is 13.9. The Morgan fingerprint density at radius 2 is 2.15 bits per heavy atom. The van der Waals surface area contributed by atoms with Gasteiger partial charge in [0.05, 0.1) is 29.0 Å². The van der Waals surface area contributed by atoms with Gasteiger partial charge in [0.2, 0.25) is 0 Å². The minimum absolute atomic E-state index is 0.122. The third-order valence-electron chi connectivity index (χ3n) is 3.41. The first-order valence-electron chi connectivity index (χ1n) is 7.84. The maximum atomic E-state index is 12.4. The molecule has 1 aromatic heterocycles. The maximum Gasteiger partial charge on any atom is 0.257 e. The quantitative estimate of drug-likeness (QED) is 0.616. The Kier molecular flexibility index (Phi) is 5.97. The van der Waals surface area contributed by atoms with E-state index < -0.39 is 0 Å². The Morgan fingerprint density at radius 3 is 2.96 bits per heavy atom. The highest BCUT2D eigenvalue weighted by atomic mass is 35.5. The smallest absolute Gasteiger partial charge is 0.257 e. The van der Waals surface area contributed by atoms with E-state index in [1.54, 1.807) is 36.4 Å². The van der Waals surface area contributed by atoms with Crippen LogP contribution in [-0.4, -0.2) is 26.4 Å². The molecule has 0 saturated carbocycles. The Labute approximate surface area is 164 Å². The molecule has 3 rings (SSSR count). The number of nitrogens with zero attached hydrogens (tertiary/aromatic N) is 2. The van der Waals surface area contributed by atoms with Crippen molar-refractivity contribution in [2.75, 3.05) is 11.9 Å². The fourth-order valence-corrected chi connectivity index (χ4v) is 3.15. The van der Waals surface area contributed by atoms with Crippen molar-refractivity contribution in [1.82, 2.24) is 14.1 Å². The van der Waals surface area contributed by atoms with Gasteiger partial charge >= 0.3 is 0 Å². The van der Waals surface area contributed by atoms with Gasteiger partial charge in [0.15, 0.2) is 5.11 Å². The molecule has 0 atom stereocenters. The molecule has 0 spiro atoms. The van der Waals surface area contributed by atoms with Crippen LogP contribution in [0.15, 0.2) is 36.4 Å². The molecule has 0 aliphatic rings. The number of thiocarbonyl (C=S) groups is 1. The molecule has 0 bridgehead atoms. The zero-order chi connectivity index (χ0) is 18.5. The predicted octanol–water partition coefficient (Wildman–Crippen LogP) is 4.26. The molecule has 6 nitrogen and oxygen atoms in total. The lowest BCUT2D eigenvalue weighted by Crippen LogP contribution is -2.34. The van der Waals surface area contributed by atoms with E-state index >= 15 is 0 Å². The molecule has 0 aliphatic carbocycles. The number of rotatable bonds is 5. The van der Waals surface area contributed by atoms with E-state index in [9.17, 15) is 4.79 Å². The maximum absolute atomic E-state index is 12.4. The number of hydrogen-bond acceptors (Lipinski definition) is 6. The van der Waals surface area contributed by atoms with Crippen molar-refractivity contribution in [3.63, 3.8) is 0 Å². The summed E-state index contributed by atoms with van der Waals surface area (Å²) in [5, 5.41) is 6.13. The van der Waals surface area contributed by atoms with Crippen molar-refractivity contribution in [3.8, 4) is 5.75 Å². The van der Waals surface area contributed by atoms with E-state index in [1.807, 2.05) is 6.92 Å². The zero-order valence-electron chi connectivity index (χ0n) is 13.8. The Morgan fingerprint density at radius 1 is 1.31 bits per heavy atom. The standard InChI is InChI=1S/C17H15ClN4O2S2/c1-2-8-24-11-5-3-4-10(9-11)16(23)20-17(25)19-14-12(18)6-7-13-15(14)22-26-21-13/h3-7,9H,2,8H2,1H3,(H2,19,20,23,25). The summed E-state index contributed by atoms with van der Waals surface area (Å²) in [5.74, 6) is 0.295. The molecule has 134 valence electrons.